The van der Waals surface area contributed by atoms with Crippen LogP contribution in [0.5, 0.6) is 0 Å². The summed E-state index contributed by atoms with van der Waals surface area (Å²) in [5.74, 6) is 0. The van der Waals surface area contributed by atoms with Crippen LogP contribution in [0.2, 0.25) is 0 Å². The molecule has 0 unspecified atom stereocenters. The molecule has 1 nitrogen and oxygen atoms in total. The third kappa shape index (κ3) is 3.01. The quantitative estimate of drug-likeness (QED) is 0.722. The van der Waals surface area contributed by atoms with Crippen molar-refractivity contribution in [1.29, 1.82) is 0 Å². The van der Waals surface area contributed by atoms with Crippen molar-refractivity contribution in [2.75, 3.05) is 19.0 Å². The Kier molecular flexibility index (Phi) is 3.83. The van der Waals surface area contributed by atoms with Crippen molar-refractivity contribution in [2.45, 2.75) is 6.92 Å². The van der Waals surface area contributed by atoms with Gasteiger partial charge in [-0.1, -0.05) is 48.6 Å². The van der Waals surface area contributed by atoms with Crippen molar-refractivity contribution < 1.29 is 0 Å². The molecule has 0 aliphatic heterocycles. The van der Waals surface area contributed by atoms with E-state index in [2.05, 4.69) is 80.5 Å². The van der Waals surface area contributed by atoms with Gasteiger partial charge in [0, 0.05) is 19.8 Å². The average molecular weight is 237 g/mol. The van der Waals surface area contributed by atoms with E-state index >= 15 is 0 Å². The van der Waals surface area contributed by atoms with Gasteiger partial charge in [-0.25, -0.2) is 0 Å². The maximum absolute atomic E-state index is 2.22. The Balaban J connectivity index is 2.21. The van der Waals surface area contributed by atoms with E-state index in [1.165, 1.54) is 22.4 Å². The molecule has 0 aliphatic carbocycles. The Morgan fingerprint density at radius 3 is 2.11 bits per heavy atom. The summed E-state index contributed by atoms with van der Waals surface area (Å²) < 4.78 is 0. The summed E-state index contributed by atoms with van der Waals surface area (Å²) in [6.07, 6.45) is 4.30. The number of hydrogen-bond acceptors (Lipinski definition) is 1. The summed E-state index contributed by atoms with van der Waals surface area (Å²) >= 11 is 0. The fourth-order valence-corrected chi connectivity index (χ4v) is 2.04. The first-order chi connectivity index (χ1) is 8.66. The summed E-state index contributed by atoms with van der Waals surface area (Å²) in [6.45, 7) is 2.15. The molecule has 1 heteroatoms. The highest BCUT2D eigenvalue weighted by Crippen LogP contribution is 2.20. The van der Waals surface area contributed by atoms with Gasteiger partial charge in [0.05, 0.1) is 0 Å². The molecule has 0 fully saturated rings. The molecular formula is C17H19N. The molecule has 0 saturated heterocycles. The summed E-state index contributed by atoms with van der Waals surface area (Å²) in [5, 5.41) is 0. The minimum atomic E-state index is 1.23. The van der Waals surface area contributed by atoms with Crippen LogP contribution in [0, 0.1) is 6.92 Å². The molecule has 0 radical (unpaired) electrons. The van der Waals surface area contributed by atoms with E-state index in [0.29, 0.717) is 0 Å². The minimum absolute atomic E-state index is 1.23. The van der Waals surface area contributed by atoms with Gasteiger partial charge >= 0.3 is 0 Å². The first kappa shape index (κ1) is 12.4. The first-order valence-electron chi connectivity index (χ1n) is 6.18. The second-order valence-electron chi connectivity index (χ2n) is 4.68. The van der Waals surface area contributed by atoms with Crippen LogP contribution < -0.4 is 4.90 Å². The van der Waals surface area contributed by atoms with Crippen molar-refractivity contribution in [3.05, 3.63) is 65.2 Å². The monoisotopic (exact) mass is 237 g/mol. The molecule has 92 valence electrons. The van der Waals surface area contributed by atoms with Crippen molar-refractivity contribution in [3.8, 4) is 0 Å². The molecule has 0 aromatic heterocycles. The van der Waals surface area contributed by atoms with E-state index in [0.717, 1.165) is 0 Å². The van der Waals surface area contributed by atoms with Crippen molar-refractivity contribution in [2.24, 2.45) is 0 Å². The van der Waals surface area contributed by atoms with E-state index < -0.39 is 0 Å². The van der Waals surface area contributed by atoms with Gasteiger partial charge in [-0.05, 0) is 35.7 Å². The predicted octanol–water partition coefficient (Wildman–Crippen LogP) is 4.23. The van der Waals surface area contributed by atoms with Crippen LogP contribution in [0.15, 0.2) is 48.5 Å². The maximum Gasteiger partial charge on any atom is 0.0391 e. The largest absolute Gasteiger partial charge is 0.377 e. The van der Waals surface area contributed by atoms with Crippen LogP contribution in [0.4, 0.5) is 5.69 Å². The van der Waals surface area contributed by atoms with Gasteiger partial charge in [-0.3, -0.25) is 0 Å². The third-order valence-corrected chi connectivity index (χ3v) is 2.97. The number of nitrogens with zero attached hydrogens (tertiary/aromatic N) is 1. The number of aryl methyl sites for hydroxylation is 1. The number of benzene rings is 2. The first-order valence-corrected chi connectivity index (χ1v) is 6.18. The Morgan fingerprint density at radius 1 is 0.833 bits per heavy atom. The lowest BCUT2D eigenvalue weighted by atomic mass is 10.1. The fourth-order valence-electron chi connectivity index (χ4n) is 2.04. The summed E-state index contributed by atoms with van der Waals surface area (Å²) in [6, 6.07) is 16.9. The Hall–Kier alpha value is -2.02. The van der Waals surface area contributed by atoms with Crippen molar-refractivity contribution >= 4 is 17.8 Å². The molecule has 0 heterocycles. The SMILES string of the molecule is Cc1cc(C=Cc2ccccc2)ccc1N(C)C. The molecule has 0 atom stereocenters. The van der Waals surface area contributed by atoms with Crippen LogP contribution >= 0.6 is 0 Å². The molecule has 2 rings (SSSR count). The van der Waals surface area contributed by atoms with Crippen LogP contribution in [0.1, 0.15) is 16.7 Å². The summed E-state index contributed by atoms with van der Waals surface area (Å²) in [4.78, 5) is 2.14. The summed E-state index contributed by atoms with van der Waals surface area (Å²) in [7, 11) is 4.14. The molecule has 0 amide bonds. The highest BCUT2D eigenvalue weighted by Gasteiger charge is 1.99. The zero-order valence-electron chi connectivity index (χ0n) is 11.2. The standard InChI is InChI=1S/C17H19N/c1-14-13-16(11-12-17(14)18(2)3)10-9-15-7-5-4-6-8-15/h4-13H,1-3H3. The van der Waals surface area contributed by atoms with Crippen molar-refractivity contribution in [1.82, 2.24) is 0 Å². The van der Waals surface area contributed by atoms with Crippen LogP contribution in [0.25, 0.3) is 12.2 Å². The second kappa shape index (κ2) is 5.54. The molecular weight excluding hydrogens is 218 g/mol. The molecule has 0 spiro atoms. The maximum atomic E-state index is 2.22. The Morgan fingerprint density at radius 2 is 1.50 bits per heavy atom. The van der Waals surface area contributed by atoms with Gasteiger partial charge in [0.2, 0.25) is 0 Å². The molecule has 0 saturated carbocycles. The summed E-state index contributed by atoms with van der Waals surface area (Å²) in [5.41, 5.74) is 5.04. The van der Waals surface area contributed by atoms with Gasteiger partial charge in [0.1, 0.15) is 0 Å². The number of hydrogen-bond donors (Lipinski definition) is 0. The predicted molar refractivity (Wildman–Crippen MR) is 80.9 cm³/mol. The topological polar surface area (TPSA) is 3.24 Å². The third-order valence-electron chi connectivity index (χ3n) is 2.97. The van der Waals surface area contributed by atoms with Gasteiger partial charge in [0.25, 0.3) is 0 Å². The zero-order chi connectivity index (χ0) is 13.0. The van der Waals surface area contributed by atoms with Crippen LogP contribution in [-0.2, 0) is 0 Å². The van der Waals surface area contributed by atoms with Gasteiger partial charge < -0.3 is 4.90 Å². The normalized spacial score (nSPS) is 10.8. The lowest BCUT2D eigenvalue weighted by molar-refractivity contribution is 1.11. The Bertz CT molecular complexity index is 539. The average Bonchev–Trinajstić information content (AvgIpc) is 2.37. The Labute approximate surface area is 109 Å². The van der Waals surface area contributed by atoms with Gasteiger partial charge in [-0.15, -0.1) is 0 Å². The lowest BCUT2D eigenvalue weighted by Gasteiger charge is -2.15. The molecule has 2 aromatic rings. The molecule has 0 N–H and O–H groups in total. The highest BCUT2D eigenvalue weighted by molar-refractivity contribution is 5.71. The highest BCUT2D eigenvalue weighted by atomic mass is 15.1. The van der Waals surface area contributed by atoms with Gasteiger partial charge in [-0.2, -0.15) is 0 Å². The van der Waals surface area contributed by atoms with Gasteiger partial charge in [0.15, 0.2) is 0 Å². The number of rotatable bonds is 3. The number of anilines is 1. The van der Waals surface area contributed by atoms with E-state index in [9.17, 15) is 0 Å². The van der Waals surface area contributed by atoms with E-state index in [1.54, 1.807) is 0 Å². The lowest BCUT2D eigenvalue weighted by Crippen LogP contribution is -2.09. The van der Waals surface area contributed by atoms with E-state index in [4.69, 9.17) is 0 Å². The minimum Gasteiger partial charge on any atom is -0.377 e. The van der Waals surface area contributed by atoms with Crippen molar-refractivity contribution in [3.63, 3.8) is 0 Å². The molecule has 18 heavy (non-hydrogen) atoms. The molecule has 0 aliphatic rings. The molecule has 0 bridgehead atoms. The second-order valence-corrected chi connectivity index (χ2v) is 4.68. The van der Waals surface area contributed by atoms with E-state index in [-0.39, 0.29) is 0 Å². The zero-order valence-corrected chi connectivity index (χ0v) is 11.2. The van der Waals surface area contributed by atoms with Crippen LogP contribution in [0.3, 0.4) is 0 Å². The van der Waals surface area contributed by atoms with E-state index in [1.807, 2.05) is 6.07 Å². The fraction of sp³-hybridized carbons (Fsp3) is 0.176. The molecule has 2 aromatic carbocycles. The smallest absolute Gasteiger partial charge is 0.0391 e. The van der Waals surface area contributed by atoms with Crippen LogP contribution in [-0.4, -0.2) is 14.1 Å².